The van der Waals surface area contributed by atoms with Crippen LogP contribution in [0.4, 0.5) is 0 Å². The van der Waals surface area contributed by atoms with Gasteiger partial charge >= 0.3 is 0 Å². The zero-order chi connectivity index (χ0) is 14.3. The first-order chi connectivity index (χ1) is 8.75. The van der Waals surface area contributed by atoms with Gasteiger partial charge in [-0.1, -0.05) is 34.6 Å². The van der Waals surface area contributed by atoms with Crippen LogP contribution in [0.1, 0.15) is 53.9 Å². The Balaban J connectivity index is 1.85. The molecule has 0 aromatic carbocycles. The van der Waals surface area contributed by atoms with E-state index in [9.17, 15) is 5.11 Å². The minimum atomic E-state index is -0.402. The summed E-state index contributed by atoms with van der Waals surface area (Å²) in [6.45, 7) is 12.3. The molecule has 19 heavy (non-hydrogen) atoms. The highest BCUT2D eigenvalue weighted by Gasteiger charge is 2.60. The van der Waals surface area contributed by atoms with Gasteiger partial charge in [0.25, 0.3) is 0 Å². The second-order valence-corrected chi connectivity index (χ2v) is 7.85. The van der Waals surface area contributed by atoms with Gasteiger partial charge in [0.05, 0.1) is 18.8 Å². The van der Waals surface area contributed by atoms with Crippen molar-refractivity contribution in [2.45, 2.75) is 72.1 Å². The predicted octanol–water partition coefficient (Wildman–Crippen LogP) is 2.58. The Morgan fingerprint density at radius 3 is 2.53 bits per heavy atom. The lowest BCUT2D eigenvalue weighted by atomic mass is 9.70. The first-order valence-corrected chi connectivity index (χ1v) is 7.79. The Labute approximate surface area is 118 Å². The highest BCUT2D eigenvalue weighted by molar-refractivity contribution is 5.09. The third kappa shape index (κ3) is 2.98. The van der Waals surface area contributed by atoms with Gasteiger partial charge in [-0.15, -0.1) is 0 Å². The van der Waals surface area contributed by atoms with E-state index in [0.29, 0.717) is 30.7 Å². The molecular formula is C16H31NO2. The van der Waals surface area contributed by atoms with Gasteiger partial charge in [-0.2, -0.15) is 0 Å². The average molecular weight is 269 g/mol. The molecule has 0 radical (unpaired) electrons. The standard InChI is InChI=1S/C16H31NO2/c1-11(2)17-9-13(18)10-19-14-15(3,4)12-6-7-16(14,5)8-12/h11-14,17-18H,6-10H2,1-5H3/t12-,13+,14+,16-/m1/s1. The van der Waals surface area contributed by atoms with E-state index in [4.69, 9.17) is 4.74 Å². The monoisotopic (exact) mass is 269 g/mol. The number of rotatable bonds is 6. The van der Waals surface area contributed by atoms with E-state index in [1.807, 2.05) is 0 Å². The summed E-state index contributed by atoms with van der Waals surface area (Å²) >= 11 is 0. The van der Waals surface area contributed by atoms with Crippen molar-refractivity contribution in [1.82, 2.24) is 5.32 Å². The van der Waals surface area contributed by atoms with Gasteiger partial charge in [-0.3, -0.25) is 0 Å². The maximum atomic E-state index is 10.00. The third-order valence-corrected chi connectivity index (χ3v) is 5.35. The fourth-order valence-corrected chi connectivity index (χ4v) is 4.31. The third-order valence-electron chi connectivity index (χ3n) is 5.35. The Bertz CT molecular complexity index is 311. The molecule has 0 spiro atoms. The lowest BCUT2D eigenvalue weighted by molar-refractivity contribution is -0.110. The zero-order valence-corrected chi connectivity index (χ0v) is 13.2. The molecule has 2 saturated carbocycles. The first kappa shape index (κ1) is 15.3. The normalized spacial score (nSPS) is 38.1. The zero-order valence-electron chi connectivity index (χ0n) is 13.2. The predicted molar refractivity (Wildman–Crippen MR) is 78.1 cm³/mol. The topological polar surface area (TPSA) is 41.5 Å². The molecule has 2 fully saturated rings. The Hall–Kier alpha value is -0.120. The summed E-state index contributed by atoms with van der Waals surface area (Å²) in [6, 6.07) is 0.408. The van der Waals surface area contributed by atoms with Crippen LogP contribution in [-0.2, 0) is 4.74 Å². The molecule has 2 rings (SSSR count). The van der Waals surface area contributed by atoms with Crippen LogP contribution in [0.3, 0.4) is 0 Å². The van der Waals surface area contributed by atoms with Gasteiger partial charge in [-0.05, 0) is 36.0 Å². The molecule has 0 saturated heterocycles. The number of ether oxygens (including phenoxy) is 1. The summed E-state index contributed by atoms with van der Waals surface area (Å²) in [6.07, 6.45) is 3.83. The van der Waals surface area contributed by atoms with E-state index in [2.05, 4.69) is 39.9 Å². The second kappa shape index (κ2) is 5.34. The van der Waals surface area contributed by atoms with Crippen molar-refractivity contribution in [3.8, 4) is 0 Å². The Morgan fingerprint density at radius 2 is 2.00 bits per heavy atom. The Kier molecular flexibility index (Phi) is 4.29. The van der Waals surface area contributed by atoms with Crippen molar-refractivity contribution in [2.24, 2.45) is 16.7 Å². The number of fused-ring (bicyclic) bond motifs is 2. The molecule has 0 heterocycles. The molecule has 2 aliphatic rings. The number of hydrogen-bond acceptors (Lipinski definition) is 3. The van der Waals surface area contributed by atoms with Crippen LogP contribution in [0, 0.1) is 16.7 Å². The lowest BCUT2D eigenvalue weighted by Gasteiger charge is -2.42. The molecule has 0 aromatic heterocycles. The summed E-state index contributed by atoms with van der Waals surface area (Å²) in [4.78, 5) is 0. The highest BCUT2D eigenvalue weighted by Crippen LogP contribution is 2.63. The Morgan fingerprint density at radius 1 is 1.32 bits per heavy atom. The summed E-state index contributed by atoms with van der Waals surface area (Å²) in [5.74, 6) is 0.799. The minimum Gasteiger partial charge on any atom is -0.389 e. The van der Waals surface area contributed by atoms with E-state index in [0.717, 1.165) is 5.92 Å². The van der Waals surface area contributed by atoms with E-state index in [1.165, 1.54) is 19.3 Å². The maximum Gasteiger partial charge on any atom is 0.0897 e. The largest absolute Gasteiger partial charge is 0.389 e. The molecule has 2 aliphatic carbocycles. The van der Waals surface area contributed by atoms with Crippen LogP contribution in [0.5, 0.6) is 0 Å². The molecule has 3 heteroatoms. The smallest absolute Gasteiger partial charge is 0.0897 e. The molecular weight excluding hydrogens is 238 g/mol. The van der Waals surface area contributed by atoms with Crippen LogP contribution < -0.4 is 5.32 Å². The number of aliphatic hydroxyl groups is 1. The number of hydrogen-bond donors (Lipinski definition) is 2. The molecule has 2 N–H and O–H groups in total. The lowest BCUT2D eigenvalue weighted by Crippen LogP contribution is -2.44. The summed E-state index contributed by atoms with van der Waals surface area (Å²) < 4.78 is 6.16. The summed E-state index contributed by atoms with van der Waals surface area (Å²) in [7, 11) is 0. The van der Waals surface area contributed by atoms with Gasteiger partial charge in [-0.25, -0.2) is 0 Å². The van der Waals surface area contributed by atoms with Gasteiger partial charge in [0.2, 0.25) is 0 Å². The molecule has 0 unspecified atom stereocenters. The van der Waals surface area contributed by atoms with Gasteiger partial charge in [0, 0.05) is 12.6 Å². The van der Waals surface area contributed by atoms with Crippen LogP contribution in [0.2, 0.25) is 0 Å². The van der Waals surface area contributed by atoms with Gasteiger partial charge in [0.15, 0.2) is 0 Å². The van der Waals surface area contributed by atoms with Crippen molar-refractivity contribution in [2.75, 3.05) is 13.2 Å². The molecule has 3 nitrogen and oxygen atoms in total. The number of nitrogens with one attached hydrogen (secondary N) is 1. The van der Waals surface area contributed by atoms with Gasteiger partial charge in [0.1, 0.15) is 0 Å². The molecule has 112 valence electrons. The van der Waals surface area contributed by atoms with Crippen molar-refractivity contribution >= 4 is 0 Å². The fraction of sp³-hybridized carbons (Fsp3) is 1.00. The van der Waals surface area contributed by atoms with Crippen LogP contribution in [0.25, 0.3) is 0 Å². The number of aliphatic hydroxyl groups excluding tert-OH is 1. The van der Waals surface area contributed by atoms with Gasteiger partial charge < -0.3 is 15.2 Å². The van der Waals surface area contributed by atoms with E-state index in [1.54, 1.807) is 0 Å². The van der Waals surface area contributed by atoms with E-state index >= 15 is 0 Å². The van der Waals surface area contributed by atoms with Crippen LogP contribution in [0.15, 0.2) is 0 Å². The van der Waals surface area contributed by atoms with E-state index < -0.39 is 6.10 Å². The SMILES string of the molecule is CC(C)NC[C@H](O)CO[C@H]1C(C)(C)[C@@H]2CC[C@]1(C)C2. The first-order valence-electron chi connectivity index (χ1n) is 7.79. The van der Waals surface area contributed by atoms with Crippen LogP contribution >= 0.6 is 0 Å². The molecule has 0 aliphatic heterocycles. The molecule has 0 amide bonds. The molecule has 4 atom stereocenters. The summed E-state index contributed by atoms with van der Waals surface area (Å²) in [5.41, 5.74) is 0.595. The van der Waals surface area contributed by atoms with Crippen molar-refractivity contribution in [3.63, 3.8) is 0 Å². The average Bonchev–Trinajstić information content (AvgIpc) is 2.77. The maximum absolute atomic E-state index is 10.00. The van der Waals surface area contributed by atoms with Crippen molar-refractivity contribution in [3.05, 3.63) is 0 Å². The fourth-order valence-electron chi connectivity index (χ4n) is 4.31. The molecule has 2 bridgehead atoms. The highest BCUT2D eigenvalue weighted by atomic mass is 16.5. The van der Waals surface area contributed by atoms with Crippen LogP contribution in [-0.4, -0.2) is 36.5 Å². The minimum absolute atomic E-state index is 0.262. The van der Waals surface area contributed by atoms with Crippen molar-refractivity contribution in [1.29, 1.82) is 0 Å². The quantitative estimate of drug-likeness (QED) is 0.779. The molecule has 0 aromatic rings. The summed E-state index contributed by atoms with van der Waals surface area (Å²) in [5, 5.41) is 13.3. The second-order valence-electron chi connectivity index (χ2n) is 7.85. The van der Waals surface area contributed by atoms with E-state index in [-0.39, 0.29) is 5.41 Å². The van der Waals surface area contributed by atoms with Crippen molar-refractivity contribution < 1.29 is 9.84 Å².